The topological polar surface area (TPSA) is 29.9 Å². The predicted molar refractivity (Wildman–Crippen MR) is 75.1 cm³/mol. The van der Waals surface area contributed by atoms with Crippen LogP contribution in [0.15, 0.2) is 30.5 Å². The molecule has 0 unspecified atom stereocenters. The van der Waals surface area contributed by atoms with Crippen molar-refractivity contribution < 1.29 is 0 Å². The van der Waals surface area contributed by atoms with Gasteiger partial charge in [-0.05, 0) is 31.5 Å². The Bertz CT molecular complexity index is 514. The van der Waals surface area contributed by atoms with E-state index in [0.29, 0.717) is 0 Å². The van der Waals surface area contributed by atoms with Gasteiger partial charge in [-0.15, -0.1) is 0 Å². The maximum absolute atomic E-state index is 4.62. The highest BCUT2D eigenvalue weighted by atomic mass is 15.3. The third-order valence-corrected chi connectivity index (χ3v) is 3.19. The fraction of sp³-hybridized carbons (Fsp3) is 0.400. The molecule has 0 spiro atoms. The van der Waals surface area contributed by atoms with Gasteiger partial charge in [0.05, 0.1) is 11.4 Å². The highest BCUT2D eigenvalue weighted by molar-refractivity contribution is 5.41. The van der Waals surface area contributed by atoms with Crippen LogP contribution in [0.2, 0.25) is 0 Å². The molecule has 96 valence electrons. The molecule has 1 aromatic carbocycles. The van der Waals surface area contributed by atoms with E-state index in [4.69, 9.17) is 0 Å². The zero-order valence-corrected chi connectivity index (χ0v) is 11.4. The molecule has 18 heavy (non-hydrogen) atoms. The second kappa shape index (κ2) is 5.83. The molecule has 3 heteroatoms. The lowest BCUT2D eigenvalue weighted by atomic mass is 10.1. The minimum atomic E-state index is 0.886. The lowest BCUT2D eigenvalue weighted by molar-refractivity contribution is 0.723. The third kappa shape index (κ3) is 2.62. The molecule has 0 radical (unpaired) electrons. The van der Waals surface area contributed by atoms with Gasteiger partial charge in [-0.1, -0.05) is 32.0 Å². The minimum Gasteiger partial charge on any atom is -0.313 e. The summed E-state index contributed by atoms with van der Waals surface area (Å²) in [5.41, 5.74) is 4.88. The molecule has 0 bridgehead atoms. The number of para-hydroxylation sites is 1. The van der Waals surface area contributed by atoms with E-state index in [-0.39, 0.29) is 0 Å². The number of nitrogens with zero attached hydrogens (tertiary/aromatic N) is 2. The molecule has 1 aromatic heterocycles. The molecule has 1 heterocycles. The number of hydrogen-bond donors (Lipinski definition) is 1. The van der Waals surface area contributed by atoms with Crippen molar-refractivity contribution in [1.29, 1.82) is 0 Å². The average molecular weight is 243 g/mol. The van der Waals surface area contributed by atoms with Crippen LogP contribution in [-0.4, -0.2) is 16.3 Å². The van der Waals surface area contributed by atoms with Crippen molar-refractivity contribution in [3.63, 3.8) is 0 Å². The summed E-state index contributed by atoms with van der Waals surface area (Å²) >= 11 is 0. The zero-order chi connectivity index (χ0) is 13.0. The normalized spacial score (nSPS) is 10.8. The number of rotatable bonds is 5. The maximum atomic E-state index is 4.62. The predicted octanol–water partition coefficient (Wildman–Crippen LogP) is 2.85. The van der Waals surface area contributed by atoms with Gasteiger partial charge in [0.1, 0.15) is 0 Å². The van der Waals surface area contributed by atoms with E-state index in [1.165, 1.54) is 16.8 Å². The van der Waals surface area contributed by atoms with Crippen LogP contribution in [0.4, 0.5) is 0 Å². The molecule has 0 saturated heterocycles. The highest BCUT2D eigenvalue weighted by Crippen LogP contribution is 2.16. The summed E-state index contributed by atoms with van der Waals surface area (Å²) in [6, 6.07) is 8.44. The van der Waals surface area contributed by atoms with Crippen LogP contribution in [0.25, 0.3) is 5.69 Å². The van der Waals surface area contributed by atoms with Crippen molar-refractivity contribution in [2.24, 2.45) is 0 Å². The number of aryl methyl sites for hydroxylation is 2. The van der Waals surface area contributed by atoms with Crippen molar-refractivity contribution in [1.82, 2.24) is 15.1 Å². The Balaban J connectivity index is 2.33. The van der Waals surface area contributed by atoms with Crippen LogP contribution < -0.4 is 5.32 Å². The lowest BCUT2D eigenvalue weighted by Gasteiger charge is -2.06. The molecule has 2 aromatic rings. The zero-order valence-electron chi connectivity index (χ0n) is 11.4. The summed E-state index contributed by atoms with van der Waals surface area (Å²) in [6.45, 7) is 8.23. The summed E-state index contributed by atoms with van der Waals surface area (Å²) in [4.78, 5) is 0. The smallest absolute Gasteiger partial charge is 0.0677 e. The van der Waals surface area contributed by atoms with E-state index < -0.39 is 0 Å². The first kappa shape index (κ1) is 12.8. The van der Waals surface area contributed by atoms with Gasteiger partial charge in [0, 0.05) is 18.3 Å². The van der Waals surface area contributed by atoms with Gasteiger partial charge in [0.2, 0.25) is 0 Å². The molecular formula is C15H21N3. The van der Waals surface area contributed by atoms with Crippen LogP contribution in [0.1, 0.15) is 30.7 Å². The van der Waals surface area contributed by atoms with Crippen molar-refractivity contribution in [2.45, 2.75) is 33.7 Å². The van der Waals surface area contributed by atoms with Gasteiger partial charge in [0.25, 0.3) is 0 Å². The molecule has 0 atom stereocenters. The van der Waals surface area contributed by atoms with Gasteiger partial charge < -0.3 is 5.32 Å². The van der Waals surface area contributed by atoms with Crippen molar-refractivity contribution >= 4 is 0 Å². The summed E-state index contributed by atoms with van der Waals surface area (Å²) in [7, 11) is 0. The van der Waals surface area contributed by atoms with E-state index in [1.54, 1.807) is 0 Å². The first-order valence-corrected chi connectivity index (χ1v) is 6.60. The van der Waals surface area contributed by atoms with Crippen molar-refractivity contribution in [3.05, 3.63) is 47.3 Å². The van der Waals surface area contributed by atoms with Crippen LogP contribution in [0, 0.1) is 6.92 Å². The Labute approximate surface area is 109 Å². The maximum Gasteiger partial charge on any atom is 0.0677 e. The van der Waals surface area contributed by atoms with Gasteiger partial charge in [-0.25, -0.2) is 4.68 Å². The molecule has 0 aliphatic carbocycles. The number of nitrogens with one attached hydrogen (secondary N) is 1. The SMILES string of the molecule is CCNCc1cn(-c2ccccc2CC)nc1C. The fourth-order valence-electron chi connectivity index (χ4n) is 2.09. The number of hydrogen-bond acceptors (Lipinski definition) is 2. The van der Waals surface area contributed by atoms with Gasteiger partial charge in [-0.3, -0.25) is 0 Å². The first-order chi connectivity index (χ1) is 8.76. The fourth-order valence-corrected chi connectivity index (χ4v) is 2.09. The van der Waals surface area contributed by atoms with Gasteiger partial charge in [-0.2, -0.15) is 5.10 Å². The van der Waals surface area contributed by atoms with E-state index in [2.05, 4.69) is 61.6 Å². The standard InChI is InChI=1S/C15H21N3/c1-4-13-8-6-7-9-15(13)18-11-14(10-16-5-2)12(3)17-18/h6-9,11,16H,4-5,10H2,1-3H3. The van der Waals surface area contributed by atoms with Crippen LogP contribution in [0.3, 0.4) is 0 Å². The van der Waals surface area contributed by atoms with Crippen molar-refractivity contribution in [2.75, 3.05) is 6.54 Å². The summed E-state index contributed by atoms with van der Waals surface area (Å²) in [5, 5.41) is 7.96. The second-order valence-electron chi connectivity index (χ2n) is 4.45. The molecule has 0 saturated carbocycles. The molecule has 1 N–H and O–H groups in total. The Kier molecular flexibility index (Phi) is 4.15. The molecule has 0 aliphatic rings. The number of benzene rings is 1. The highest BCUT2D eigenvalue weighted by Gasteiger charge is 2.08. The first-order valence-electron chi connectivity index (χ1n) is 6.60. The summed E-state index contributed by atoms with van der Waals surface area (Å²) < 4.78 is 2.00. The number of aromatic nitrogens is 2. The summed E-state index contributed by atoms with van der Waals surface area (Å²) in [5.74, 6) is 0. The lowest BCUT2D eigenvalue weighted by Crippen LogP contribution is -2.11. The molecule has 3 nitrogen and oxygen atoms in total. The molecule has 0 amide bonds. The Morgan fingerprint density at radius 2 is 1.94 bits per heavy atom. The van der Waals surface area contributed by atoms with Crippen molar-refractivity contribution in [3.8, 4) is 5.69 Å². The van der Waals surface area contributed by atoms with Crippen LogP contribution in [0.5, 0.6) is 0 Å². The van der Waals surface area contributed by atoms with Gasteiger partial charge >= 0.3 is 0 Å². The Hall–Kier alpha value is -1.61. The van der Waals surface area contributed by atoms with E-state index in [9.17, 15) is 0 Å². The monoisotopic (exact) mass is 243 g/mol. The average Bonchev–Trinajstić information content (AvgIpc) is 2.77. The third-order valence-electron chi connectivity index (χ3n) is 3.19. The van der Waals surface area contributed by atoms with Crippen LogP contribution >= 0.6 is 0 Å². The van der Waals surface area contributed by atoms with Crippen LogP contribution in [-0.2, 0) is 13.0 Å². The van der Waals surface area contributed by atoms with E-state index >= 15 is 0 Å². The van der Waals surface area contributed by atoms with Gasteiger partial charge in [0.15, 0.2) is 0 Å². The largest absolute Gasteiger partial charge is 0.313 e. The molecule has 0 fully saturated rings. The Morgan fingerprint density at radius 3 is 2.67 bits per heavy atom. The quantitative estimate of drug-likeness (QED) is 0.875. The Morgan fingerprint density at radius 1 is 1.17 bits per heavy atom. The van der Waals surface area contributed by atoms with E-state index in [0.717, 1.165) is 25.2 Å². The second-order valence-corrected chi connectivity index (χ2v) is 4.45. The van der Waals surface area contributed by atoms with E-state index in [1.807, 2.05) is 4.68 Å². The molecule has 2 rings (SSSR count). The molecular weight excluding hydrogens is 222 g/mol. The minimum absolute atomic E-state index is 0.886. The summed E-state index contributed by atoms with van der Waals surface area (Å²) in [6.07, 6.45) is 3.16. The molecule has 0 aliphatic heterocycles.